The molecule has 132 valence electrons. The predicted molar refractivity (Wildman–Crippen MR) is 99.8 cm³/mol. The Bertz CT molecular complexity index is 945. The molecule has 0 amide bonds. The molecule has 1 saturated carbocycles. The van der Waals surface area contributed by atoms with Gasteiger partial charge in [0.25, 0.3) is 5.71 Å². The van der Waals surface area contributed by atoms with Gasteiger partial charge in [-0.2, -0.15) is 9.61 Å². The Morgan fingerprint density at radius 1 is 1.24 bits per heavy atom. The molecule has 0 aliphatic heterocycles. The molecule has 0 saturated heterocycles. The SMILES string of the molecule is Cc1nn2c(-c3ccc(Cl)cc3Cl)c(C)oc2c1OC1CCC(C)C1. The smallest absolute Gasteiger partial charge is 0.266 e. The molecule has 1 aromatic carbocycles. The number of oxazole rings is 1. The first-order valence-corrected chi connectivity index (χ1v) is 9.30. The third-order valence-electron chi connectivity index (χ3n) is 4.88. The molecule has 2 aromatic heterocycles. The van der Waals surface area contributed by atoms with Crippen molar-refractivity contribution in [2.45, 2.75) is 46.1 Å². The molecule has 4 rings (SSSR count). The highest BCUT2D eigenvalue weighted by atomic mass is 35.5. The maximum Gasteiger partial charge on any atom is 0.266 e. The third kappa shape index (κ3) is 2.91. The first-order chi connectivity index (χ1) is 11.9. The van der Waals surface area contributed by atoms with Crippen LogP contribution in [0.4, 0.5) is 0 Å². The van der Waals surface area contributed by atoms with Gasteiger partial charge >= 0.3 is 0 Å². The van der Waals surface area contributed by atoms with Crippen LogP contribution in [0.5, 0.6) is 5.75 Å². The van der Waals surface area contributed by atoms with Crippen LogP contribution in [0.1, 0.15) is 37.6 Å². The summed E-state index contributed by atoms with van der Waals surface area (Å²) in [5.41, 5.74) is 3.13. The van der Waals surface area contributed by atoms with E-state index in [1.54, 1.807) is 10.6 Å². The first kappa shape index (κ1) is 16.8. The number of fused-ring (bicyclic) bond motifs is 1. The number of benzene rings is 1. The van der Waals surface area contributed by atoms with E-state index in [1.807, 2.05) is 26.0 Å². The van der Waals surface area contributed by atoms with Gasteiger partial charge in [0.2, 0.25) is 5.75 Å². The minimum absolute atomic E-state index is 0.231. The normalized spacial score (nSPS) is 20.5. The van der Waals surface area contributed by atoms with Gasteiger partial charge in [-0.25, -0.2) is 0 Å². The highest BCUT2D eigenvalue weighted by Gasteiger charge is 2.28. The fourth-order valence-electron chi connectivity index (χ4n) is 3.62. The zero-order valence-electron chi connectivity index (χ0n) is 14.5. The van der Waals surface area contributed by atoms with Crippen LogP contribution < -0.4 is 4.74 Å². The summed E-state index contributed by atoms with van der Waals surface area (Å²) >= 11 is 12.4. The molecule has 4 nitrogen and oxygen atoms in total. The van der Waals surface area contributed by atoms with Crippen molar-refractivity contribution in [3.63, 3.8) is 0 Å². The van der Waals surface area contributed by atoms with Crippen LogP contribution in [0.25, 0.3) is 17.0 Å². The second-order valence-electron chi connectivity index (χ2n) is 6.92. The molecule has 0 radical (unpaired) electrons. The van der Waals surface area contributed by atoms with Gasteiger partial charge in [0.15, 0.2) is 0 Å². The zero-order chi connectivity index (χ0) is 17.7. The Balaban J connectivity index is 1.80. The Labute approximate surface area is 156 Å². The van der Waals surface area contributed by atoms with Gasteiger partial charge < -0.3 is 9.15 Å². The fraction of sp³-hybridized carbons (Fsp3) is 0.421. The van der Waals surface area contributed by atoms with E-state index in [9.17, 15) is 0 Å². The lowest BCUT2D eigenvalue weighted by atomic mass is 10.1. The van der Waals surface area contributed by atoms with Gasteiger partial charge in [-0.05, 0) is 57.2 Å². The highest BCUT2D eigenvalue weighted by molar-refractivity contribution is 6.36. The van der Waals surface area contributed by atoms with Gasteiger partial charge in [-0.3, -0.25) is 0 Å². The molecule has 3 aromatic rings. The summed E-state index contributed by atoms with van der Waals surface area (Å²) in [4.78, 5) is 0. The van der Waals surface area contributed by atoms with Gasteiger partial charge in [0.1, 0.15) is 17.1 Å². The molecular weight excluding hydrogens is 359 g/mol. The second kappa shape index (κ2) is 6.26. The van der Waals surface area contributed by atoms with Crippen molar-refractivity contribution in [2.75, 3.05) is 0 Å². The Kier molecular flexibility index (Phi) is 4.20. The lowest BCUT2D eigenvalue weighted by Crippen LogP contribution is -2.12. The average molecular weight is 379 g/mol. The van der Waals surface area contributed by atoms with Crippen molar-refractivity contribution in [2.24, 2.45) is 5.92 Å². The zero-order valence-corrected chi connectivity index (χ0v) is 16.0. The van der Waals surface area contributed by atoms with E-state index in [1.165, 1.54) is 6.42 Å². The van der Waals surface area contributed by atoms with Crippen molar-refractivity contribution in [1.82, 2.24) is 9.61 Å². The van der Waals surface area contributed by atoms with E-state index in [0.717, 1.165) is 41.3 Å². The minimum atomic E-state index is 0.231. The summed E-state index contributed by atoms with van der Waals surface area (Å²) in [5, 5.41) is 5.81. The van der Waals surface area contributed by atoms with Crippen LogP contribution in [0.3, 0.4) is 0 Å². The lowest BCUT2D eigenvalue weighted by molar-refractivity contribution is 0.204. The Morgan fingerprint density at radius 3 is 2.72 bits per heavy atom. The number of nitrogens with zero attached hydrogens (tertiary/aromatic N) is 2. The van der Waals surface area contributed by atoms with Crippen molar-refractivity contribution < 1.29 is 9.15 Å². The largest absolute Gasteiger partial charge is 0.483 e. The predicted octanol–water partition coefficient (Wildman–Crippen LogP) is 6.09. The topological polar surface area (TPSA) is 39.7 Å². The van der Waals surface area contributed by atoms with Crippen LogP contribution in [0.2, 0.25) is 10.0 Å². The number of ether oxygens (including phenoxy) is 1. The molecule has 6 heteroatoms. The molecular formula is C19H20Cl2N2O2. The maximum absolute atomic E-state index is 6.39. The molecule has 0 spiro atoms. The molecule has 2 atom stereocenters. The number of aryl methyl sites for hydroxylation is 2. The first-order valence-electron chi connectivity index (χ1n) is 8.55. The average Bonchev–Trinajstić information content (AvgIpc) is 3.17. The summed E-state index contributed by atoms with van der Waals surface area (Å²) < 4.78 is 14.0. The molecule has 1 aliphatic carbocycles. The van der Waals surface area contributed by atoms with Crippen molar-refractivity contribution in [1.29, 1.82) is 0 Å². The molecule has 2 heterocycles. The summed E-state index contributed by atoms with van der Waals surface area (Å²) in [5.74, 6) is 2.19. The Morgan fingerprint density at radius 2 is 2.04 bits per heavy atom. The lowest BCUT2D eigenvalue weighted by Gasteiger charge is -2.11. The quantitative estimate of drug-likeness (QED) is 0.553. The van der Waals surface area contributed by atoms with Crippen LogP contribution in [-0.2, 0) is 0 Å². The van der Waals surface area contributed by atoms with E-state index in [0.29, 0.717) is 21.7 Å². The molecule has 0 bridgehead atoms. The third-order valence-corrected chi connectivity index (χ3v) is 5.43. The van der Waals surface area contributed by atoms with Gasteiger partial charge in [0.05, 0.1) is 11.1 Å². The standard InChI is InChI=1S/C19H20Cl2N2O2/c1-10-4-6-14(8-10)25-18-11(2)22-23-17(12(3)24-19(18)23)15-7-5-13(20)9-16(15)21/h5,7,9-10,14H,4,6,8H2,1-3H3. The Hall–Kier alpha value is -1.65. The minimum Gasteiger partial charge on any atom is -0.483 e. The molecule has 2 unspecified atom stereocenters. The van der Waals surface area contributed by atoms with Gasteiger partial charge in [0, 0.05) is 10.6 Å². The summed E-state index contributed by atoms with van der Waals surface area (Å²) in [6.07, 6.45) is 3.59. The van der Waals surface area contributed by atoms with Crippen LogP contribution >= 0.6 is 23.2 Å². The molecule has 0 N–H and O–H groups in total. The van der Waals surface area contributed by atoms with Crippen molar-refractivity contribution in [3.05, 3.63) is 39.7 Å². The molecule has 1 aliphatic rings. The number of halogens is 2. The highest BCUT2D eigenvalue weighted by Crippen LogP contribution is 2.39. The number of hydrogen-bond acceptors (Lipinski definition) is 3. The van der Waals surface area contributed by atoms with Crippen LogP contribution in [0.15, 0.2) is 22.6 Å². The van der Waals surface area contributed by atoms with Gasteiger partial charge in [-0.1, -0.05) is 30.1 Å². The van der Waals surface area contributed by atoms with E-state index in [-0.39, 0.29) is 6.10 Å². The van der Waals surface area contributed by atoms with Crippen LogP contribution in [0, 0.1) is 19.8 Å². The van der Waals surface area contributed by atoms with E-state index in [2.05, 4.69) is 12.0 Å². The van der Waals surface area contributed by atoms with E-state index >= 15 is 0 Å². The summed E-state index contributed by atoms with van der Waals surface area (Å²) in [7, 11) is 0. The van der Waals surface area contributed by atoms with Crippen LogP contribution in [-0.4, -0.2) is 15.7 Å². The molecule has 1 fully saturated rings. The number of rotatable bonds is 3. The molecule has 25 heavy (non-hydrogen) atoms. The van der Waals surface area contributed by atoms with Crippen molar-refractivity contribution in [3.8, 4) is 17.0 Å². The maximum atomic E-state index is 6.39. The van der Waals surface area contributed by atoms with E-state index in [4.69, 9.17) is 32.4 Å². The number of hydrogen-bond donors (Lipinski definition) is 0. The monoisotopic (exact) mass is 378 g/mol. The van der Waals surface area contributed by atoms with Gasteiger partial charge in [-0.15, -0.1) is 0 Å². The van der Waals surface area contributed by atoms with E-state index < -0.39 is 0 Å². The second-order valence-corrected chi connectivity index (χ2v) is 7.76. The summed E-state index contributed by atoms with van der Waals surface area (Å²) in [6, 6.07) is 5.43. The summed E-state index contributed by atoms with van der Waals surface area (Å²) in [6.45, 7) is 6.12. The number of aromatic nitrogens is 2. The fourth-order valence-corrected chi connectivity index (χ4v) is 4.12. The van der Waals surface area contributed by atoms with Crippen molar-refractivity contribution >= 4 is 28.9 Å².